The highest BCUT2D eigenvalue weighted by Crippen LogP contribution is 2.38. The van der Waals surface area contributed by atoms with Crippen LogP contribution in [0.15, 0.2) is 12.1 Å². The maximum atomic E-state index is 12.9. The largest absolute Gasteiger partial charge is 0.454 e. The molecule has 8 heteroatoms. The molecule has 0 atom stereocenters. The average Bonchev–Trinajstić information content (AvgIpc) is 2.90. The first-order valence-corrected chi connectivity index (χ1v) is 5.58. The average molecular weight is 273 g/mol. The molecule has 0 radical (unpaired) electrons. The van der Waals surface area contributed by atoms with Crippen molar-refractivity contribution in [1.82, 2.24) is 9.55 Å². The van der Waals surface area contributed by atoms with Gasteiger partial charge in [0, 0.05) is 25.2 Å². The summed E-state index contributed by atoms with van der Waals surface area (Å²) in [7, 11) is 0. The van der Waals surface area contributed by atoms with Crippen molar-refractivity contribution < 1.29 is 22.6 Å². The first-order valence-electron chi connectivity index (χ1n) is 5.58. The van der Waals surface area contributed by atoms with Crippen LogP contribution in [0.5, 0.6) is 11.5 Å². The summed E-state index contributed by atoms with van der Waals surface area (Å²) in [5, 5.41) is 0. The standard InChI is InChI=1S/C11H10F3N3O2/c12-11(13,14)10-16-6-3-8-9(19-5-18-8)4-7(6)17(10)2-1-15/h3-4H,1-2,5,15H2. The van der Waals surface area contributed by atoms with Crippen LogP contribution < -0.4 is 15.2 Å². The second-order valence-electron chi connectivity index (χ2n) is 4.07. The first-order chi connectivity index (χ1) is 9.00. The number of aromatic nitrogens is 2. The molecule has 0 unspecified atom stereocenters. The molecular weight excluding hydrogens is 263 g/mol. The molecule has 3 rings (SSSR count). The zero-order chi connectivity index (χ0) is 13.6. The molecule has 5 nitrogen and oxygen atoms in total. The van der Waals surface area contributed by atoms with Gasteiger partial charge in [-0.15, -0.1) is 0 Å². The van der Waals surface area contributed by atoms with Crippen molar-refractivity contribution in [2.75, 3.05) is 13.3 Å². The topological polar surface area (TPSA) is 62.3 Å². The van der Waals surface area contributed by atoms with E-state index in [9.17, 15) is 13.2 Å². The lowest BCUT2D eigenvalue weighted by Gasteiger charge is -2.10. The Balaban J connectivity index is 2.25. The van der Waals surface area contributed by atoms with Crippen molar-refractivity contribution in [2.24, 2.45) is 5.73 Å². The molecule has 0 amide bonds. The van der Waals surface area contributed by atoms with Crippen LogP contribution in [0.3, 0.4) is 0 Å². The Kier molecular flexibility index (Phi) is 2.56. The molecule has 102 valence electrons. The summed E-state index contributed by atoms with van der Waals surface area (Å²) in [6.45, 7) is 0.179. The molecule has 0 bridgehead atoms. The van der Waals surface area contributed by atoms with Gasteiger partial charge in [0.2, 0.25) is 12.6 Å². The van der Waals surface area contributed by atoms with E-state index in [0.717, 1.165) is 4.57 Å². The van der Waals surface area contributed by atoms with Crippen molar-refractivity contribution in [3.05, 3.63) is 18.0 Å². The zero-order valence-electron chi connectivity index (χ0n) is 9.70. The Morgan fingerprint density at radius 3 is 2.58 bits per heavy atom. The Labute approximate surface area is 105 Å². The summed E-state index contributed by atoms with van der Waals surface area (Å²) >= 11 is 0. The number of rotatable bonds is 2. The minimum Gasteiger partial charge on any atom is -0.454 e. The van der Waals surface area contributed by atoms with Crippen LogP contribution in [0.25, 0.3) is 11.0 Å². The van der Waals surface area contributed by atoms with E-state index in [-0.39, 0.29) is 25.4 Å². The van der Waals surface area contributed by atoms with E-state index in [2.05, 4.69) is 4.98 Å². The zero-order valence-corrected chi connectivity index (χ0v) is 9.70. The number of alkyl halides is 3. The SMILES string of the molecule is NCCn1c(C(F)(F)F)nc2cc3c(cc21)OCO3. The van der Waals surface area contributed by atoms with E-state index in [1.54, 1.807) is 0 Å². The second kappa shape index (κ2) is 4.02. The van der Waals surface area contributed by atoms with Gasteiger partial charge < -0.3 is 19.8 Å². The highest BCUT2D eigenvalue weighted by Gasteiger charge is 2.37. The van der Waals surface area contributed by atoms with Crippen molar-refractivity contribution in [3.63, 3.8) is 0 Å². The van der Waals surface area contributed by atoms with E-state index in [0.29, 0.717) is 17.0 Å². The molecule has 0 saturated heterocycles. The van der Waals surface area contributed by atoms with Gasteiger partial charge in [-0.25, -0.2) is 4.98 Å². The maximum absolute atomic E-state index is 12.9. The van der Waals surface area contributed by atoms with Crippen molar-refractivity contribution in [3.8, 4) is 11.5 Å². The first kappa shape index (κ1) is 12.1. The number of hydrogen-bond acceptors (Lipinski definition) is 4. The molecule has 0 fully saturated rings. The van der Waals surface area contributed by atoms with Gasteiger partial charge in [-0.05, 0) is 0 Å². The van der Waals surface area contributed by atoms with Crippen molar-refractivity contribution >= 4 is 11.0 Å². The minimum absolute atomic E-state index is 0.0327. The van der Waals surface area contributed by atoms with Crippen LogP contribution in [0, 0.1) is 0 Å². The molecule has 0 aliphatic carbocycles. The van der Waals surface area contributed by atoms with Crippen LogP contribution in [0.1, 0.15) is 5.82 Å². The molecule has 2 heterocycles. The van der Waals surface area contributed by atoms with Crippen LogP contribution in [-0.4, -0.2) is 22.9 Å². The van der Waals surface area contributed by atoms with E-state index in [4.69, 9.17) is 15.2 Å². The van der Waals surface area contributed by atoms with Gasteiger partial charge in [0.05, 0.1) is 11.0 Å². The van der Waals surface area contributed by atoms with Crippen LogP contribution in [-0.2, 0) is 12.7 Å². The van der Waals surface area contributed by atoms with Gasteiger partial charge in [-0.3, -0.25) is 0 Å². The Morgan fingerprint density at radius 1 is 1.26 bits per heavy atom. The minimum atomic E-state index is -4.53. The third-order valence-corrected chi connectivity index (χ3v) is 2.85. The molecule has 2 N–H and O–H groups in total. The molecule has 1 aromatic carbocycles. The van der Waals surface area contributed by atoms with Crippen LogP contribution >= 0.6 is 0 Å². The number of nitrogens with zero attached hydrogens (tertiary/aromatic N) is 2. The fourth-order valence-corrected chi connectivity index (χ4v) is 2.09. The van der Waals surface area contributed by atoms with E-state index < -0.39 is 12.0 Å². The number of ether oxygens (including phenoxy) is 2. The van der Waals surface area contributed by atoms with Gasteiger partial charge in [0.1, 0.15) is 0 Å². The Bertz CT molecular complexity index is 636. The number of benzene rings is 1. The third-order valence-electron chi connectivity index (χ3n) is 2.85. The normalized spacial score (nSPS) is 14.3. The molecule has 1 aliphatic heterocycles. The summed E-state index contributed by atoms with van der Waals surface area (Å²) in [4.78, 5) is 3.63. The number of nitrogens with two attached hydrogens (primary N) is 1. The van der Waals surface area contributed by atoms with E-state index in [1.807, 2.05) is 0 Å². The van der Waals surface area contributed by atoms with Gasteiger partial charge in [-0.1, -0.05) is 0 Å². The summed E-state index contributed by atoms with van der Waals surface area (Å²) in [5.41, 5.74) is 5.91. The monoisotopic (exact) mass is 273 g/mol. The molecule has 1 aromatic heterocycles. The lowest BCUT2D eigenvalue weighted by Crippen LogP contribution is -2.18. The number of hydrogen-bond donors (Lipinski definition) is 1. The molecule has 19 heavy (non-hydrogen) atoms. The number of fused-ring (bicyclic) bond motifs is 2. The lowest BCUT2D eigenvalue weighted by molar-refractivity contribution is -0.146. The second-order valence-corrected chi connectivity index (χ2v) is 4.07. The number of imidazole rings is 1. The predicted octanol–water partition coefficient (Wildman–Crippen LogP) is 1.74. The number of halogens is 3. The van der Waals surface area contributed by atoms with E-state index >= 15 is 0 Å². The Morgan fingerprint density at radius 2 is 1.95 bits per heavy atom. The maximum Gasteiger partial charge on any atom is 0.449 e. The van der Waals surface area contributed by atoms with Gasteiger partial charge in [0.25, 0.3) is 0 Å². The Hall–Kier alpha value is -1.96. The highest BCUT2D eigenvalue weighted by molar-refractivity contribution is 5.81. The molecule has 0 saturated carbocycles. The van der Waals surface area contributed by atoms with Gasteiger partial charge in [0.15, 0.2) is 11.5 Å². The molecule has 1 aliphatic rings. The highest BCUT2D eigenvalue weighted by atomic mass is 19.4. The summed E-state index contributed by atoms with van der Waals surface area (Å²) in [6, 6.07) is 2.94. The fourth-order valence-electron chi connectivity index (χ4n) is 2.09. The van der Waals surface area contributed by atoms with Crippen LogP contribution in [0.2, 0.25) is 0 Å². The van der Waals surface area contributed by atoms with Gasteiger partial charge >= 0.3 is 6.18 Å². The molecule has 2 aromatic rings. The molecular formula is C11H10F3N3O2. The predicted molar refractivity (Wildman–Crippen MR) is 59.9 cm³/mol. The smallest absolute Gasteiger partial charge is 0.449 e. The van der Waals surface area contributed by atoms with Crippen molar-refractivity contribution in [2.45, 2.75) is 12.7 Å². The third kappa shape index (κ3) is 1.88. The quantitative estimate of drug-likeness (QED) is 0.905. The summed E-state index contributed by atoms with van der Waals surface area (Å²) in [5.74, 6) is -0.144. The molecule has 0 spiro atoms. The van der Waals surface area contributed by atoms with Crippen molar-refractivity contribution in [1.29, 1.82) is 0 Å². The van der Waals surface area contributed by atoms with Crippen LogP contribution in [0.4, 0.5) is 13.2 Å². The lowest BCUT2D eigenvalue weighted by atomic mass is 10.2. The summed E-state index contributed by atoms with van der Waals surface area (Å²) in [6.07, 6.45) is -4.53. The fraction of sp³-hybridized carbons (Fsp3) is 0.364. The summed E-state index contributed by atoms with van der Waals surface area (Å²) < 4.78 is 50.1. The van der Waals surface area contributed by atoms with E-state index in [1.165, 1.54) is 12.1 Å². The van der Waals surface area contributed by atoms with Gasteiger partial charge in [-0.2, -0.15) is 13.2 Å².